The molecule has 2 aromatic rings. The van der Waals surface area contributed by atoms with Crippen molar-refractivity contribution in [2.75, 3.05) is 6.54 Å². The number of urea groups is 1. The van der Waals surface area contributed by atoms with Crippen LogP contribution in [0.25, 0.3) is 0 Å². The van der Waals surface area contributed by atoms with Crippen molar-refractivity contribution in [3.8, 4) is 0 Å². The van der Waals surface area contributed by atoms with Crippen LogP contribution in [0.15, 0.2) is 23.6 Å². The lowest BCUT2D eigenvalue weighted by Gasteiger charge is -2.20. The smallest absolute Gasteiger partial charge is 0.334 e. The molecule has 1 aliphatic carbocycles. The van der Waals surface area contributed by atoms with Crippen LogP contribution in [-0.2, 0) is 22.6 Å². The van der Waals surface area contributed by atoms with Gasteiger partial charge >= 0.3 is 17.8 Å². The van der Waals surface area contributed by atoms with Gasteiger partial charge in [-0.25, -0.2) is 9.69 Å². The third-order valence-corrected chi connectivity index (χ3v) is 7.05. The van der Waals surface area contributed by atoms with Crippen molar-refractivity contribution in [1.82, 2.24) is 14.4 Å². The van der Waals surface area contributed by atoms with Gasteiger partial charge in [0.2, 0.25) is 0 Å². The predicted molar refractivity (Wildman–Crippen MR) is 112 cm³/mol. The van der Waals surface area contributed by atoms with E-state index in [0.717, 1.165) is 59.8 Å². The summed E-state index contributed by atoms with van der Waals surface area (Å²) in [5, 5.41) is 2.04. The fraction of sp³-hybridized carbons (Fsp3) is 0.455. The van der Waals surface area contributed by atoms with Crippen molar-refractivity contribution >= 4 is 35.0 Å². The molecule has 0 spiro atoms. The summed E-state index contributed by atoms with van der Waals surface area (Å²) in [5.74, 6) is -2.03. The van der Waals surface area contributed by atoms with Gasteiger partial charge in [0.25, 0.3) is 0 Å². The summed E-state index contributed by atoms with van der Waals surface area (Å²) < 4.78 is 2.08. The lowest BCUT2D eigenvalue weighted by molar-refractivity contribution is -0.143. The Bertz CT molecular complexity index is 1000. The maximum Gasteiger partial charge on any atom is 0.334 e. The predicted octanol–water partition coefficient (Wildman–Crippen LogP) is 3.33. The molecule has 3 heterocycles. The number of carbonyl (C=O) groups excluding carboxylic acids is 4. The first-order chi connectivity index (χ1) is 14.4. The summed E-state index contributed by atoms with van der Waals surface area (Å²) in [7, 11) is 0. The van der Waals surface area contributed by atoms with Crippen LogP contribution >= 0.6 is 11.3 Å². The van der Waals surface area contributed by atoms with Gasteiger partial charge in [0.1, 0.15) is 0 Å². The SMILES string of the molecule is Cc1cc(C(=O)CN2C(=O)C(=O)N(C3CCCC3)C2=O)c(C)n1CCc1cccs1. The van der Waals surface area contributed by atoms with Gasteiger partial charge in [-0.2, -0.15) is 0 Å². The van der Waals surface area contributed by atoms with E-state index in [1.165, 1.54) is 4.88 Å². The Balaban J connectivity index is 1.48. The van der Waals surface area contributed by atoms with Gasteiger partial charge < -0.3 is 4.57 Å². The van der Waals surface area contributed by atoms with Crippen LogP contribution in [0, 0.1) is 13.8 Å². The fourth-order valence-electron chi connectivity index (χ4n) is 4.48. The monoisotopic (exact) mass is 427 g/mol. The zero-order chi connectivity index (χ0) is 21.4. The molecule has 1 aliphatic heterocycles. The number of Topliss-reactive ketones (excluding diaryl/α,β-unsaturated/α-hetero) is 1. The van der Waals surface area contributed by atoms with E-state index in [4.69, 9.17) is 0 Å². The molecule has 1 saturated carbocycles. The van der Waals surface area contributed by atoms with Gasteiger partial charge in [0.05, 0.1) is 6.54 Å². The molecule has 2 aliphatic rings. The number of imide groups is 2. The summed E-state index contributed by atoms with van der Waals surface area (Å²) in [6.07, 6.45) is 4.18. The van der Waals surface area contributed by atoms with Crippen LogP contribution in [0.2, 0.25) is 0 Å². The minimum absolute atomic E-state index is 0.226. The number of amides is 4. The quantitative estimate of drug-likeness (QED) is 0.386. The normalized spacial score (nSPS) is 17.6. The summed E-state index contributed by atoms with van der Waals surface area (Å²) in [5.41, 5.74) is 2.26. The van der Waals surface area contributed by atoms with E-state index in [-0.39, 0.29) is 11.8 Å². The van der Waals surface area contributed by atoms with Crippen LogP contribution < -0.4 is 0 Å². The van der Waals surface area contributed by atoms with Crippen LogP contribution in [0.5, 0.6) is 0 Å². The maximum atomic E-state index is 13.0. The fourth-order valence-corrected chi connectivity index (χ4v) is 5.18. The molecule has 0 aromatic carbocycles. The molecular weight excluding hydrogens is 402 g/mol. The van der Waals surface area contributed by atoms with Crippen molar-refractivity contribution < 1.29 is 19.2 Å². The molecular formula is C22H25N3O4S. The van der Waals surface area contributed by atoms with E-state index >= 15 is 0 Å². The molecule has 4 amide bonds. The van der Waals surface area contributed by atoms with Crippen LogP contribution in [0.1, 0.15) is 52.3 Å². The van der Waals surface area contributed by atoms with E-state index < -0.39 is 24.4 Å². The number of aromatic nitrogens is 1. The van der Waals surface area contributed by atoms with E-state index in [1.54, 1.807) is 17.4 Å². The van der Waals surface area contributed by atoms with Gasteiger partial charge in [-0.05, 0) is 50.6 Å². The van der Waals surface area contributed by atoms with Gasteiger partial charge in [-0.3, -0.25) is 19.3 Å². The molecule has 4 rings (SSSR count). The van der Waals surface area contributed by atoms with Crippen molar-refractivity contribution in [3.63, 3.8) is 0 Å². The largest absolute Gasteiger partial charge is 0.348 e. The first kappa shape index (κ1) is 20.5. The van der Waals surface area contributed by atoms with Crippen LogP contribution in [0.4, 0.5) is 4.79 Å². The summed E-state index contributed by atoms with van der Waals surface area (Å²) >= 11 is 1.70. The Kier molecular flexibility index (Phi) is 5.60. The number of rotatable bonds is 7. The molecule has 0 bridgehead atoms. The molecule has 2 fully saturated rings. The number of aryl methyl sites for hydroxylation is 2. The number of thiophene rings is 1. The minimum atomic E-state index is -0.897. The highest BCUT2D eigenvalue weighted by Gasteiger charge is 2.48. The lowest BCUT2D eigenvalue weighted by Crippen LogP contribution is -2.41. The van der Waals surface area contributed by atoms with Gasteiger partial charge in [-0.15, -0.1) is 11.3 Å². The second-order valence-electron chi connectivity index (χ2n) is 7.98. The minimum Gasteiger partial charge on any atom is -0.348 e. The molecule has 0 atom stereocenters. The van der Waals surface area contributed by atoms with E-state index in [9.17, 15) is 19.2 Å². The van der Waals surface area contributed by atoms with Crippen LogP contribution in [-0.4, -0.2) is 50.6 Å². The molecule has 1 saturated heterocycles. The number of nitrogens with zero attached hydrogens (tertiary/aromatic N) is 3. The Morgan fingerprint density at radius 3 is 2.53 bits per heavy atom. The Morgan fingerprint density at radius 2 is 1.87 bits per heavy atom. The first-order valence-electron chi connectivity index (χ1n) is 10.3. The molecule has 2 aromatic heterocycles. The van der Waals surface area contributed by atoms with Crippen molar-refractivity contribution in [1.29, 1.82) is 0 Å². The third-order valence-electron chi connectivity index (χ3n) is 6.11. The average molecular weight is 428 g/mol. The van der Waals surface area contributed by atoms with E-state index in [1.807, 2.05) is 25.3 Å². The first-order valence-corrected chi connectivity index (χ1v) is 11.2. The number of carbonyl (C=O) groups is 4. The number of hydrogen-bond donors (Lipinski definition) is 0. The highest BCUT2D eigenvalue weighted by molar-refractivity contribution is 7.09. The molecule has 0 radical (unpaired) electrons. The number of hydrogen-bond acceptors (Lipinski definition) is 5. The van der Waals surface area contributed by atoms with Crippen molar-refractivity contribution in [3.05, 3.63) is 45.4 Å². The Labute approximate surface area is 179 Å². The Morgan fingerprint density at radius 1 is 1.13 bits per heavy atom. The lowest BCUT2D eigenvalue weighted by atomic mass is 10.1. The van der Waals surface area contributed by atoms with Crippen molar-refractivity contribution in [2.45, 2.75) is 58.5 Å². The molecule has 30 heavy (non-hydrogen) atoms. The van der Waals surface area contributed by atoms with Crippen LogP contribution in [0.3, 0.4) is 0 Å². The summed E-state index contributed by atoms with van der Waals surface area (Å²) in [6.45, 7) is 4.16. The second-order valence-corrected chi connectivity index (χ2v) is 9.01. The standard InChI is InChI=1S/C22H25N3O4S/c1-14-12-18(15(2)23(14)10-9-17-8-5-11-30-17)19(26)13-24-20(27)21(28)25(22(24)29)16-6-3-4-7-16/h5,8,11-12,16H,3-4,6-7,9-10,13H2,1-2H3. The molecule has 0 N–H and O–H groups in total. The third kappa shape index (κ3) is 3.60. The molecule has 158 valence electrons. The van der Waals surface area contributed by atoms with Gasteiger partial charge in [0, 0.05) is 34.4 Å². The van der Waals surface area contributed by atoms with E-state index in [2.05, 4.69) is 10.6 Å². The van der Waals surface area contributed by atoms with E-state index in [0.29, 0.717) is 5.56 Å². The Hall–Kier alpha value is -2.74. The van der Waals surface area contributed by atoms with Crippen molar-refractivity contribution in [2.24, 2.45) is 0 Å². The van der Waals surface area contributed by atoms with Gasteiger partial charge in [0.15, 0.2) is 5.78 Å². The zero-order valence-electron chi connectivity index (χ0n) is 17.2. The van der Waals surface area contributed by atoms with Gasteiger partial charge in [-0.1, -0.05) is 18.9 Å². The highest BCUT2D eigenvalue weighted by atomic mass is 32.1. The number of ketones is 1. The molecule has 8 heteroatoms. The second kappa shape index (κ2) is 8.18. The zero-order valence-corrected chi connectivity index (χ0v) is 18.0. The summed E-state index contributed by atoms with van der Waals surface area (Å²) in [4.78, 5) is 53.6. The summed E-state index contributed by atoms with van der Waals surface area (Å²) in [6, 6.07) is 5.02. The molecule has 7 nitrogen and oxygen atoms in total. The maximum absolute atomic E-state index is 13.0. The topological polar surface area (TPSA) is 79.7 Å². The molecule has 0 unspecified atom stereocenters. The average Bonchev–Trinajstić information content (AvgIpc) is 3.49. The highest BCUT2D eigenvalue weighted by Crippen LogP contribution is 2.28.